The minimum Gasteiger partial charge on any atom is -0.378 e. The van der Waals surface area contributed by atoms with Gasteiger partial charge in [0, 0.05) is 19.6 Å². The number of anilines is 3. The van der Waals surface area contributed by atoms with Gasteiger partial charge in [0.1, 0.15) is 0 Å². The third kappa shape index (κ3) is 3.21. The van der Waals surface area contributed by atoms with Gasteiger partial charge in [0.05, 0.1) is 13.2 Å². The fourth-order valence-corrected chi connectivity index (χ4v) is 1.97. The minimum atomic E-state index is 0.384. The number of hydrazine groups is 1. The molecule has 2 fully saturated rings. The van der Waals surface area contributed by atoms with Crippen LogP contribution in [0.15, 0.2) is 0 Å². The summed E-state index contributed by atoms with van der Waals surface area (Å²) >= 11 is 0. The number of nitrogens with two attached hydrogens (primary N) is 1. The lowest BCUT2D eigenvalue weighted by Gasteiger charge is -2.27. The Morgan fingerprint density at radius 2 is 1.89 bits per heavy atom. The van der Waals surface area contributed by atoms with Crippen LogP contribution in [0, 0.1) is 5.92 Å². The summed E-state index contributed by atoms with van der Waals surface area (Å²) in [7, 11) is 0. The van der Waals surface area contributed by atoms with Crippen LogP contribution in [0.2, 0.25) is 0 Å². The average Bonchev–Trinajstić information content (AvgIpc) is 3.30. The van der Waals surface area contributed by atoms with Gasteiger partial charge in [-0.2, -0.15) is 15.0 Å². The van der Waals surface area contributed by atoms with Crippen LogP contribution in [0.3, 0.4) is 0 Å². The van der Waals surface area contributed by atoms with Crippen LogP contribution in [0.25, 0.3) is 0 Å². The van der Waals surface area contributed by atoms with E-state index < -0.39 is 0 Å². The van der Waals surface area contributed by atoms with E-state index in [0.29, 0.717) is 31.1 Å². The maximum atomic E-state index is 5.41. The molecular weight excluding hydrogens is 246 g/mol. The van der Waals surface area contributed by atoms with E-state index in [9.17, 15) is 0 Å². The summed E-state index contributed by atoms with van der Waals surface area (Å²) in [6, 6.07) is 0. The topological polar surface area (TPSA) is 101 Å². The third-order valence-electron chi connectivity index (χ3n) is 3.29. The monoisotopic (exact) mass is 265 g/mol. The first-order valence-electron chi connectivity index (χ1n) is 6.64. The highest BCUT2D eigenvalue weighted by molar-refractivity contribution is 5.43. The van der Waals surface area contributed by atoms with Crippen molar-refractivity contribution in [2.45, 2.75) is 12.8 Å². The Hall–Kier alpha value is -1.67. The summed E-state index contributed by atoms with van der Waals surface area (Å²) in [6.07, 6.45) is 2.58. The molecule has 0 amide bonds. The van der Waals surface area contributed by atoms with Gasteiger partial charge in [0.15, 0.2) is 0 Å². The maximum Gasteiger partial charge on any atom is 0.243 e. The molecule has 0 spiro atoms. The van der Waals surface area contributed by atoms with Crippen LogP contribution in [-0.2, 0) is 4.74 Å². The van der Waals surface area contributed by atoms with Gasteiger partial charge in [-0.3, -0.25) is 5.43 Å². The second kappa shape index (κ2) is 5.54. The van der Waals surface area contributed by atoms with Crippen LogP contribution in [-0.4, -0.2) is 47.8 Å². The average molecular weight is 265 g/mol. The smallest absolute Gasteiger partial charge is 0.243 e. The number of nitrogens with zero attached hydrogens (tertiary/aromatic N) is 4. The molecule has 2 heterocycles. The Kier molecular flexibility index (Phi) is 3.60. The number of ether oxygens (including phenoxy) is 1. The van der Waals surface area contributed by atoms with Gasteiger partial charge in [-0.15, -0.1) is 0 Å². The van der Waals surface area contributed by atoms with Gasteiger partial charge in [-0.1, -0.05) is 0 Å². The zero-order chi connectivity index (χ0) is 13.1. The molecule has 2 aliphatic rings. The molecule has 1 saturated heterocycles. The SMILES string of the molecule is NNc1nc(NCC2CC2)nc(N2CCOCC2)n1. The van der Waals surface area contributed by atoms with Crippen LogP contribution in [0.1, 0.15) is 12.8 Å². The van der Waals surface area contributed by atoms with Gasteiger partial charge in [-0.25, -0.2) is 5.84 Å². The largest absolute Gasteiger partial charge is 0.378 e. The first-order chi connectivity index (χ1) is 9.35. The van der Waals surface area contributed by atoms with E-state index in [-0.39, 0.29) is 0 Å². The molecule has 4 N–H and O–H groups in total. The molecule has 104 valence electrons. The second-order valence-electron chi connectivity index (χ2n) is 4.85. The van der Waals surface area contributed by atoms with Crippen LogP contribution < -0.4 is 21.5 Å². The predicted octanol–water partition coefficient (Wildman–Crippen LogP) is -0.184. The fourth-order valence-electron chi connectivity index (χ4n) is 1.97. The summed E-state index contributed by atoms with van der Waals surface area (Å²) in [5.74, 6) is 7.78. The predicted molar refractivity (Wildman–Crippen MR) is 71.9 cm³/mol. The Bertz CT molecular complexity index is 431. The van der Waals surface area contributed by atoms with Crippen molar-refractivity contribution in [3.05, 3.63) is 0 Å². The summed E-state index contributed by atoms with van der Waals surface area (Å²) in [4.78, 5) is 15.0. The van der Waals surface area contributed by atoms with Crippen LogP contribution >= 0.6 is 0 Å². The zero-order valence-electron chi connectivity index (χ0n) is 10.8. The highest BCUT2D eigenvalue weighted by atomic mass is 16.5. The standard InChI is InChI=1S/C11H19N7O/c12-17-10-14-9(13-7-8-1-2-8)15-11(16-10)18-3-5-19-6-4-18/h8H,1-7,12H2,(H2,13,14,15,16,17). The summed E-state index contributed by atoms with van der Waals surface area (Å²) in [5.41, 5.74) is 2.49. The molecule has 8 nitrogen and oxygen atoms in total. The van der Waals surface area contributed by atoms with E-state index in [1.165, 1.54) is 12.8 Å². The Labute approximate surface area is 111 Å². The molecule has 0 aromatic carbocycles. The maximum absolute atomic E-state index is 5.41. The molecule has 1 aromatic rings. The molecule has 0 bridgehead atoms. The van der Waals surface area contributed by atoms with Crippen molar-refractivity contribution in [1.82, 2.24) is 15.0 Å². The van der Waals surface area contributed by atoms with Crippen LogP contribution in [0.4, 0.5) is 17.8 Å². The van der Waals surface area contributed by atoms with E-state index in [1.807, 2.05) is 0 Å². The molecule has 19 heavy (non-hydrogen) atoms. The number of hydrogen-bond donors (Lipinski definition) is 3. The summed E-state index contributed by atoms with van der Waals surface area (Å²) in [6.45, 7) is 3.88. The van der Waals surface area contributed by atoms with Gasteiger partial charge in [0.2, 0.25) is 17.8 Å². The van der Waals surface area contributed by atoms with Crippen molar-refractivity contribution in [3.8, 4) is 0 Å². The molecule has 1 aromatic heterocycles. The molecule has 0 radical (unpaired) electrons. The lowest BCUT2D eigenvalue weighted by molar-refractivity contribution is 0.122. The van der Waals surface area contributed by atoms with Gasteiger partial charge in [0.25, 0.3) is 0 Å². The number of morpholine rings is 1. The number of rotatable bonds is 5. The minimum absolute atomic E-state index is 0.384. The molecular formula is C11H19N7O. The van der Waals surface area contributed by atoms with Crippen molar-refractivity contribution in [2.75, 3.05) is 48.5 Å². The second-order valence-corrected chi connectivity index (χ2v) is 4.85. The molecule has 1 aliphatic heterocycles. The van der Waals surface area contributed by atoms with Gasteiger partial charge >= 0.3 is 0 Å². The Morgan fingerprint density at radius 3 is 2.58 bits per heavy atom. The molecule has 3 rings (SSSR count). The van der Waals surface area contributed by atoms with E-state index in [0.717, 1.165) is 25.6 Å². The van der Waals surface area contributed by atoms with E-state index in [2.05, 4.69) is 30.6 Å². The van der Waals surface area contributed by atoms with Crippen molar-refractivity contribution < 1.29 is 4.74 Å². The summed E-state index contributed by atoms with van der Waals surface area (Å²) < 4.78 is 5.33. The Balaban J connectivity index is 1.74. The lowest BCUT2D eigenvalue weighted by atomic mass is 10.4. The van der Waals surface area contributed by atoms with Crippen molar-refractivity contribution in [2.24, 2.45) is 11.8 Å². The van der Waals surface area contributed by atoms with E-state index in [1.54, 1.807) is 0 Å². The first-order valence-corrected chi connectivity index (χ1v) is 6.64. The van der Waals surface area contributed by atoms with Crippen molar-refractivity contribution in [3.63, 3.8) is 0 Å². The highest BCUT2D eigenvalue weighted by Crippen LogP contribution is 2.28. The number of nitrogens with one attached hydrogen (secondary N) is 2. The summed E-state index contributed by atoms with van der Waals surface area (Å²) in [5, 5.41) is 3.25. The van der Waals surface area contributed by atoms with Gasteiger partial charge < -0.3 is 15.0 Å². The first kappa shape index (κ1) is 12.4. The normalized spacial score (nSPS) is 19.3. The zero-order valence-corrected chi connectivity index (χ0v) is 10.8. The van der Waals surface area contributed by atoms with E-state index in [4.69, 9.17) is 10.6 Å². The number of nitrogen functional groups attached to an aromatic ring is 1. The van der Waals surface area contributed by atoms with Crippen molar-refractivity contribution >= 4 is 17.8 Å². The number of aromatic nitrogens is 3. The third-order valence-corrected chi connectivity index (χ3v) is 3.29. The molecule has 1 aliphatic carbocycles. The highest BCUT2D eigenvalue weighted by Gasteiger charge is 2.22. The van der Waals surface area contributed by atoms with Crippen molar-refractivity contribution in [1.29, 1.82) is 0 Å². The quantitative estimate of drug-likeness (QED) is 0.497. The fraction of sp³-hybridized carbons (Fsp3) is 0.727. The van der Waals surface area contributed by atoms with E-state index >= 15 is 0 Å². The lowest BCUT2D eigenvalue weighted by Crippen LogP contribution is -2.37. The van der Waals surface area contributed by atoms with Gasteiger partial charge in [-0.05, 0) is 18.8 Å². The molecule has 0 atom stereocenters. The molecule has 0 unspecified atom stereocenters. The molecule has 8 heteroatoms. The molecule has 1 saturated carbocycles. The number of hydrogen-bond acceptors (Lipinski definition) is 8. The van der Waals surface area contributed by atoms with Crippen LogP contribution in [0.5, 0.6) is 0 Å². The Morgan fingerprint density at radius 1 is 1.16 bits per heavy atom.